The van der Waals surface area contributed by atoms with Crippen molar-refractivity contribution in [2.45, 2.75) is 33.4 Å². The van der Waals surface area contributed by atoms with Crippen LogP contribution in [0.5, 0.6) is 5.75 Å². The molecule has 1 aromatic heterocycles. The third-order valence-corrected chi connectivity index (χ3v) is 4.99. The number of ether oxygens (including phenoxy) is 3. The van der Waals surface area contributed by atoms with Crippen molar-refractivity contribution in [1.29, 1.82) is 0 Å². The van der Waals surface area contributed by atoms with Gasteiger partial charge in [-0.15, -0.1) is 0 Å². The van der Waals surface area contributed by atoms with Gasteiger partial charge in [-0.05, 0) is 42.7 Å². The summed E-state index contributed by atoms with van der Waals surface area (Å²) in [4.78, 5) is 30.1. The van der Waals surface area contributed by atoms with Gasteiger partial charge >= 0.3 is 12.1 Å². The summed E-state index contributed by atoms with van der Waals surface area (Å²) in [7, 11) is 1.28. The molecule has 0 unspecified atom stereocenters. The first-order valence-corrected chi connectivity index (χ1v) is 11.0. The molecule has 0 aliphatic carbocycles. The first-order chi connectivity index (χ1) is 16.4. The predicted octanol–water partition coefficient (Wildman–Crippen LogP) is 4.64. The number of amides is 1. The summed E-state index contributed by atoms with van der Waals surface area (Å²) in [5.74, 6) is 1.11. The normalized spacial score (nSPS) is 11.7. The van der Waals surface area contributed by atoms with E-state index in [4.69, 9.17) is 18.7 Å². The number of rotatable bonds is 10. The summed E-state index contributed by atoms with van der Waals surface area (Å²) in [6.07, 6.45) is -0.571. The third-order valence-electron chi connectivity index (χ3n) is 4.99. The van der Waals surface area contributed by atoms with E-state index in [2.05, 4.69) is 10.1 Å². The standard InChI is InChI=1S/C25H29N3O6/c1-17(2)15-33-25(30)28(14-23(29)31-4)18(3)19-10-12-21(13-11-19)32-16-22-26-24(34-27-22)20-8-6-5-7-9-20/h5-13,17-18H,14-16H2,1-4H3/t18-/m0/s1. The molecule has 1 heterocycles. The fourth-order valence-electron chi connectivity index (χ4n) is 3.07. The van der Waals surface area contributed by atoms with Crippen molar-refractivity contribution >= 4 is 12.1 Å². The van der Waals surface area contributed by atoms with Crippen LogP contribution in [0, 0.1) is 5.92 Å². The van der Waals surface area contributed by atoms with E-state index in [1.165, 1.54) is 12.0 Å². The maximum Gasteiger partial charge on any atom is 0.410 e. The molecular formula is C25H29N3O6. The Bertz CT molecular complexity index is 1070. The minimum Gasteiger partial charge on any atom is -0.485 e. The van der Waals surface area contributed by atoms with Crippen LogP contribution in [0.25, 0.3) is 11.5 Å². The van der Waals surface area contributed by atoms with Gasteiger partial charge in [0.15, 0.2) is 6.61 Å². The molecular weight excluding hydrogens is 438 g/mol. The Morgan fingerprint density at radius 2 is 1.74 bits per heavy atom. The van der Waals surface area contributed by atoms with Gasteiger partial charge in [-0.25, -0.2) is 4.79 Å². The van der Waals surface area contributed by atoms with Crippen LogP contribution in [-0.4, -0.2) is 47.4 Å². The number of benzene rings is 2. The molecule has 0 saturated heterocycles. The Hall–Kier alpha value is -3.88. The number of aromatic nitrogens is 2. The van der Waals surface area contributed by atoms with Crippen LogP contribution < -0.4 is 4.74 Å². The minimum absolute atomic E-state index is 0.140. The summed E-state index contributed by atoms with van der Waals surface area (Å²) in [6, 6.07) is 16.3. The lowest BCUT2D eigenvalue weighted by molar-refractivity contribution is -0.142. The van der Waals surface area contributed by atoms with E-state index in [0.717, 1.165) is 11.1 Å². The number of methoxy groups -OCH3 is 1. The van der Waals surface area contributed by atoms with Gasteiger partial charge in [-0.2, -0.15) is 4.98 Å². The molecule has 1 atom stereocenters. The topological polar surface area (TPSA) is 104 Å². The van der Waals surface area contributed by atoms with E-state index < -0.39 is 18.1 Å². The Labute approximate surface area is 198 Å². The minimum atomic E-state index is -0.571. The molecule has 3 rings (SSSR count). The fraction of sp³-hybridized carbons (Fsp3) is 0.360. The molecule has 180 valence electrons. The van der Waals surface area contributed by atoms with Gasteiger partial charge in [0.25, 0.3) is 5.89 Å². The molecule has 2 aromatic carbocycles. The third kappa shape index (κ3) is 6.81. The molecule has 34 heavy (non-hydrogen) atoms. The van der Waals surface area contributed by atoms with Crippen molar-refractivity contribution < 1.29 is 28.3 Å². The van der Waals surface area contributed by atoms with E-state index in [9.17, 15) is 9.59 Å². The largest absolute Gasteiger partial charge is 0.485 e. The monoisotopic (exact) mass is 467 g/mol. The van der Waals surface area contributed by atoms with Crippen molar-refractivity contribution in [2.24, 2.45) is 5.92 Å². The van der Waals surface area contributed by atoms with Crippen LogP contribution in [0.2, 0.25) is 0 Å². The first-order valence-electron chi connectivity index (χ1n) is 11.0. The average Bonchev–Trinajstić information content (AvgIpc) is 3.34. The van der Waals surface area contributed by atoms with Crippen LogP contribution in [0.4, 0.5) is 4.79 Å². The second-order valence-corrected chi connectivity index (χ2v) is 8.09. The maximum atomic E-state index is 12.6. The molecule has 1 amide bonds. The van der Waals surface area contributed by atoms with Crippen molar-refractivity contribution in [3.05, 3.63) is 66.0 Å². The molecule has 0 aliphatic heterocycles. The van der Waals surface area contributed by atoms with Crippen LogP contribution in [0.3, 0.4) is 0 Å². The summed E-state index contributed by atoms with van der Waals surface area (Å²) in [5.41, 5.74) is 1.65. The molecule has 0 saturated carbocycles. The Morgan fingerprint density at radius 3 is 2.38 bits per heavy atom. The Kier molecular flexibility index (Phi) is 8.61. The highest BCUT2D eigenvalue weighted by Gasteiger charge is 2.26. The van der Waals surface area contributed by atoms with Crippen molar-refractivity contribution in [2.75, 3.05) is 20.3 Å². The van der Waals surface area contributed by atoms with Gasteiger partial charge in [0, 0.05) is 5.56 Å². The number of hydrogen-bond acceptors (Lipinski definition) is 8. The first kappa shape index (κ1) is 24.8. The highest BCUT2D eigenvalue weighted by molar-refractivity contribution is 5.78. The van der Waals surface area contributed by atoms with E-state index in [1.807, 2.05) is 63.2 Å². The number of carbonyl (C=O) groups excluding carboxylic acids is 2. The van der Waals surface area contributed by atoms with Crippen LogP contribution in [0.15, 0.2) is 59.1 Å². The molecule has 0 fully saturated rings. The van der Waals surface area contributed by atoms with Gasteiger partial charge in [-0.1, -0.05) is 49.3 Å². The van der Waals surface area contributed by atoms with Crippen molar-refractivity contribution in [1.82, 2.24) is 15.0 Å². The molecule has 0 N–H and O–H groups in total. The van der Waals surface area contributed by atoms with Gasteiger partial charge in [-0.3, -0.25) is 9.69 Å². The fourth-order valence-corrected chi connectivity index (χ4v) is 3.07. The quantitative estimate of drug-likeness (QED) is 0.397. The zero-order chi connectivity index (χ0) is 24.5. The van der Waals surface area contributed by atoms with Gasteiger partial charge < -0.3 is 18.7 Å². The average molecular weight is 468 g/mol. The highest BCUT2D eigenvalue weighted by atomic mass is 16.6. The summed E-state index contributed by atoms with van der Waals surface area (Å²) in [6.45, 7) is 5.89. The summed E-state index contributed by atoms with van der Waals surface area (Å²) < 4.78 is 21.1. The number of nitrogens with zero attached hydrogens (tertiary/aromatic N) is 3. The van der Waals surface area contributed by atoms with E-state index in [0.29, 0.717) is 17.5 Å². The number of hydrogen-bond donors (Lipinski definition) is 0. The highest BCUT2D eigenvalue weighted by Crippen LogP contribution is 2.24. The smallest absolute Gasteiger partial charge is 0.410 e. The van der Waals surface area contributed by atoms with E-state index in [1.54, 1.807) is 12.1 Å². The van der Waals surface area contributed by atoms with Crippen molar-refractivity contribution in [3.63, 3.8) is 0 Å². The van der Waals surface area contributed by atoms with Crippen LogP contribution in [-0.2, 0) is 20.9 Å². The zero-order valence-corrected chi connectivity index (χ0v) is 19.8. The molecule has 0 aliphatic rings. The van der Waals surface area contributed by atoms with Crippen molar-refractivity contribution in [3.8, 4) is 17.2 Å². The molecule has 9 heteroatoms. The van der Waals surface area contributed by atoms with Crippen LogP contribution in [0.1, 0.15) is 38.2 Å². The number of carbonyl (C=O) groups is 2. The van der Waals surface area contributed by atoms with Gasteiger partial charge in [0.05, 0.1) is 19.8 Å². The van der Waals surface area contributed by atoms with Gasteiger partial charge in [0.2, 0.25) is 5.82 Å². The maximum absolute atomic E-state index is 12.6. The molecule has 9 nitrogen and oxygen atoms in total. The Balaban J connectivity index is 1.62. The number of esters is 1. The zero-order valence-electron chi connectivity index (χ0n) is 19.8. The lowest BCUT2D eigenvalue weighted by Gasteiger charge is -2.28. The molecule has 0 spiro atoms. The van der Waals surface area contributed by atoms with E-state index in [-0.39, 0.29) is 25.7 Å². The lowest BCUT2D eigenvalue weighted by Crippen LogP contribution is -2.39. The second-order valence-electron chi connectivity index (χ2n) is 8.09. The predicted molar refractivity (Wildman–Crippen MR) is 124 cm³/mol. The molecule has 0 bridgehead atoms. The lowest BCUT2D eigenvalue weighted by atomic mass is 10.1. The van der Waals surface area contributed by atoms with Crippen LogP contribution >= 0.6 is 0 Å². The SMILES string of the molecule is COC(=O)CN(C(=O)OCC(C)C)[C@@H](C)c1ccc(OCc2noc(-c3ccccc3)n2)cc1. The van der Waals surface area contributed by atoms with Gasteiger partial charge in [0.1, 0.15) is 12.3 Å². The molecule has 3 aromatic rings. The second kappa shape index (κ2) is 11.8. The summed E-state index contributed by atoms with van der Waals surface area (Å²) in [5, 5.41) is 3.95. The van der Waals surface area contributed by atoms with E-state index >= 15 is 0 Å². The Morgan fingerprint density at radius 1 is 1.03 bits per heavy atom. The molecule has 0 radical (unpaired) electrons. The summed E-state index contributed by atoms with van der Waals surface area (Å²) >= 11 is 0.